The van der Waals surface area contributed by atoms with E-state index in [-0.39, 0.29) is 23.0 Å². The number of amides is 1. The summed E-state index contributed by atoms with van der Waals surface area (Å²) >= 11 is 0. The van der Waals surface area contributed by atoms with Crippen LogP contribution in [0.3, 0.4) is 0 Å². The molecule has 3 heterocycles. The van der Waals surface area contributed by atoms with Gasteiger partial charge in [0, 0.05) is 52.6 Å². The molecule has 8 nitrogen and oxygen atoms in total. The van der Waals surface area contributed by atoms with E-state index < -0.39 is 0 Å². The Bertz CT molecular complexity index is 952. The van der Waals surface area contributed by atoms with Gasteiger partial charge in [0.2, 0.25) is 5.91 Å². The van der Waals surface area contributed by atoms with E-state index in [9.17, 15) is 4.79 Å². The minimum Gasteiger partial charge on any atom is -0.484 e. The molecule has 2 saturated heterocycles. The van der Waals surface area contributed by atoms with Crippen molar-refractivity contribution in [1.29, 1.82) is 0 Å². The molecule has 2 N–H and O–H groups in total. The first-order valence-electron chi connectivity index (χ1n) is 15.1. The molecule has 1 aromatic rings. The number of piperidine rings is 1. The monoisotopic (exact) mass is 543 g/mol. The van der Waals surface area contributed by atoms with E-state index in [1.807, 2.05) is 0 Å². The van der Waals surface area contributed by atoms with Gasteiger partial charge in [-0.1, -0.05) is 6.07 Å². The standard InChI is InChI=1S/C31H49N3O5/c1-30(2)22-34(13-4-14-36-3)27-17-24(5-8-28(27)39-30)21-38-26-7-6-25(32-20-26)18-31(11-12-31)29(35)33-19-23-9-15-37-16-10-23/h5,8,17,23,25-26,32H,4,6-7,9-16,18-22H2,1-3H3,(H,33,35)/t25?,26-/m1/s1. The molecule has 1 unspecified atom stereocenters. The third-order valence-corrected chi connectivity index (χ3v) is 8.92. The number of anilines is 1. The van der Waals surface area contributed by atoms with Crippen LogP contribution in [0.15, 0.2) is 18.2 Å². The molecule has 1 aliphatic carbocycles. The Kier molecular flexibility index (Phi) is 9.37. The van der Waals surface area contributed by atoms with Crippen LogP contribution >= 0.6 is 0 Å². The van der Waals surface area contributed by atoms with Crippen molar-refractivity contribution in [2.45, 2.75) is 89.6 Å². The van der Waals surface area contributed by atoms with Gasteiger partial charge >= 0.3 is 0 Å². The second kappa shape index (κ2) is 12.8. The maximum atomic E-state index is 13.0. The van der Waals surface area contributed by atoms with Gasteiger partial charge in [-0.3, -0.25) is 4.79 Å². The van der Waals surface area contributed by atoms with Gasteiger partial charge in [0.25, 0.3) is 0 Å². The number of carbonyl (C=O) groups excluding carboxylic acids is 1. The van der Waals surface area contributed by atoms with Crippen molar-refractivity contribution < 1.29 is 23.7 Å². The molecular weight excluding hydrogens is 494 g/mol. The van der Waals surface area contributed by atoms with Gasteiger partial charge in [-0.05, 0) is 88.8 Å². The molecule has 3 aliphatic heterocycles. The number of hydrogen-bond donors (Lipinski definition) is 2. The third-order valence-electron chi connectivity index (χ3n) is 8.92. The first kappa shape index (κ1) is 28.7. The lowest BCUT2D eigenvalue weighted by Crippen LogP contribution is -2.47. The van der Waals surface area contributed by atoms with Crippen LogP contribution in [0.5, 0.6) is 5.75 Å². The van der Waals surface area contributed by atoms with Crippen LogP contribution in [-0.4, -0.2) is 76.8 Å². The van der Waals surface area contributed by atoms with Crippen LogP contribution in [0, 0.1) is 11.3 Å². The number of methoxy groups -OCH3 is 1. The van der Waals surface area contributed by atoms with Crippen molar-refractivity contribution in [3.05, 3.63) is 23.8 Å². The Morgan fingerprint density at radius 1 is 1.18 bits per heavy atom. The van der Waals surface area contributed by atoms with Gasteiger partial charge in [0.1, 0.15) is 11.4 Å². The Hall–Kier alpha value is -1.87. The van der Waals surface area contributed by atoms with Gasteiger partial charge in [-0.15, -0.1) is 0 Å². The van der Waals surface area contributed by atoms with Crippen LogP contribution < -0.4 is 20.3 Å². The molecule has 4 aliphatic rings. The van der Waals surface area contributed by atoms with E-state index in [2.05, 4.69) is 47.6 Å². The Labute approximate surface area is 234 Å². The molecule has 0 aromatic heterocycles. The number of benzene rings is 1. The minimum atomic E-state index is -0.215. The predicted molar refractivity (Wildman–Crippen MR) is 152 cm³/mol. The second-order valence-corrected chi connectivity index (χ2v) is 12.8. The van der Waals surface area contributed by atoms with Crippen LogP contribution in [-0.2, 0) is 25.6 Å². The number of nitrogens with zero attached hydrogens (tertiary/aromatic N) is 1. The highest BCUT2D eigenvalue weighted by atomic mass is 16.5. The van der Waals surface area contributed by atoms with E-state index in [1.54, 1.807) is 7.11 Å². The molecule has 39 heavy (non-hydrogen) atoms. The Morgan fingerprint density at radius 3 is 2.72 bits per heavy atom. The molecule has 0 bridgehead atoms. The van der Waals surface area contributed by atoms with Crippen LogP contribution in [0.4, 0.5) is 5.69 Å². The normalized spacial score (nSPS) is 26.0. The number of rotatable bonds is 12. The smallest absolute Gasteiger partial charge is 0.226 e. The average Bonchev–Trinajstić information content (AvgIpc) is 3.72. The number of nitrogens with one attached hydrogen (secondary N) is 2. The second-order valence-electron chi connectivity index (χ2n) is 12.8. The zero-order chi connectivity index (χ0) is 27.3. The third kappa shape index (κ3) is 7.66. The molecule has 2 atom stereocenters. The molecule has 8 heteroatoms. The number of hydrogen-bond acceptors (Lipinski definition) is 7. The summed E-state index contributed by atoms with van der Waals surface area (Å²) in [7, 11) is 1.75. The fraction of sp³-hybridized carbons (Fsp3) is 0.774. The molecule has 218 valence electrons. The van der Waals surface area contributed by atoms with Gasteiger partial charge in [0.05, 0.1) is 30.4 Å². The first-order chi connectivity index (χ1) is 18.9. The Morgan fingerprint density at radius 2 is 2.00 bits per heavy atom. The van der Waals surface area contributed by atoms with Crippen LogP contribution in [0.2, 0.25) is 0 Å². The Balaban J connectivity index is 1.06. The molecular formula is C31H49N3O5. The highest BCUT2D eigenvalue weighted by Gasteiger charge is 2.51. The lowest BCUT2D eigenvalue weighted by atomic mass is 9.90. The molecule has 5 rings (SSSR count). The van der Waals surface area contributed by atoms with Gasteiger partial charge < -0.3 is 34.5 Å². The van der Waals surface area contributed by atoms with Crippen molar-refractivity contribution in [2.24, 2.45) is 11.3 Å². The number of fused-ring (bicyclic) bond motifs is 1. The van der Waals surface area contributed by atoms with Crippen molar-refractivity contribution in [1.82, 2.24) is 10.6 Å². The van der Waals surface area contributed by atoms with Gasteiger partial charge in [0.15, 0.2) is 0 Å². The lowest BCUT2D eigenvalue weighted by Gasteiger charge is -2.41. The fourth-order valence-corrected chi connectivity index (χ4v) is 6.40. The molecule has 1 aromatic carbocycles. The molecule has 3 fully saturated rings. The van der Waals surface area contributed by atoms with E-state index in [0.29, 0.717) is 18.6 Å². The summed E-state index contributed by atoms with van der Waals surface area (Å²) in [6.45, 7) is 10.7. The number of ether oxygens (including phenoxy) is 4. The maximum Gasteiger partial charge on any atom is 0.226 e. The quantitative estimate of drug-likeness (QED) is 0.385. The summed E-state index contributed by atoms with van der Waals surface area (Å²) in [5, 5.41) is 6.96. The van der Waals surface area contributed by atoms with Crippen molar-refractivity contribution in [3.63, 3.8) is 0 Å². The van der Waals surface area contributed by atoms with Crippen molar-refractivity contribution in [2.75, 3.05) is 58.0 Å². The summed E-state index contributed by atoms with van der Waals surface area (Å²) in [5.74, 6) is 1.78. The summed E-state index contributed by atoms with van der Waals surface area (Å²) < 4.78 is 23.3. The van der Waals surface area contributed by atoms with Gasteiger partial charge in [-0.25, -0.2) is 0 Å². The summed E-state index contributed by atoms with van der Waals surface area (Å²) in [6, 6.07) is 6.84. The molecule has 0 radical (unpaired) electrons. The minimum absolute atomic E-state index is 0.147. The molecule has 1 saturated carbocycles. The number of carbonyl (C=O) groups is 1. The highest BCUT2D eigenvalue weighted by molar-refractivity contribution is 5.85. The van der Waals surface area contributed by atoms with E-state index in [1.165, 1.54) is 5.56 Å². The topological polar surface area (TPSA) is 81.3 Å². The largest absolute Gasteiger partial charge is 0.484 e. The van der Waals surface area contributed by atoms with E-state index >= 15 is 0 Å². The molecule has 1 amide bonds. The first-order valence-corrected chi connectivity index (χ1v) is 15.1. The van der Waals surface area contributed by atoms with Gasteiger partial charge in [-0.2, -0.15) is 0 Å². The van der Waals surface area contributed by atoms with Crippen molar-refractivity contribution >= 4 is 11.6 Å². The summed E-state index contributed by atoms with van der Waals surface area (Å²) in [4.78, 5) is 15.4. The maximum absolute atomic E-state index is 13.0. The average molecular weight is 544 g/mol. The van der Waals surface area contributed by atoms with E-state index in [4.69, 9.17) is 18.9 Å². The zero-order valence-electron chi connectivity index (χ0n) is 24.3. The molecule has 0 spiro atoms. The van der Waals surface area contributed by atoms with E-state index in [0.717, 1.165) is 109 Å². The van der Waals surface area contributed by atoms with Crippen LogP contribution in [0.25, 0.3) is 0 Å². The van der Waals surface area contributed by atoms with Crippen molar-refractivity contribution in [3.8, 4) is 5.75 Å². The predicted octanol–water partition coefficient (Wildman–Crippen LogP) is 4.05. The fourth-order valence-electron chi connectivity index (χ4n) is 6.40. The summed E-state index contributed by atoms with van der Waals surface area (Å²) in [5.41, 5.74) is 1.96. The van der Waals surface area contributed by atoms with Crippen LogP contribution in [0.1, 0.15) is 70.8 Å². The SMILES string of the molecule is COCCCN1CC(C)(C)Oc2ccc(CO[C@@H]3CCC(CC4(C(=O)NCC5CCOCC5)CC4)NC3)cc21. The lowest BCUT2D eigenvalue weighted by molar-refractivity contribution is -0.127. The summed E-state index contributed by atoms with van der Waals surface area (Å²) in [6.07, 6.45) is 8.37. The zero-order valence-corrected chi connectivity index (χ0v) is 24.3. The highest BCUT2D eigenvalue weighted by Crippen LogP contribution is 2.50.